The van der Waals surface area contributed by atoms with Gasteiger partial charge in [-0.3, -0.25) is 4.79 Å². The number of nitrogens with zero attached hydrogens (tertiary/aromatic N) is 1. The number of carboxylic acids is 1. The van der Waals surface area contributed by atoms with Gasteiger partial charge in [0.1, 0.15) is 0 Å². The Morgan fingerprint density at radius 2 is 2.33 bits per heavy atom. The molecule has 5 nitrogen and oxygen atoms in total. The summed E-state index contributed by atoms with van der Waals surface area (Å²) in [5.41, 5.74) is 0.790. The smallest absolute Gasteiger partial charge is 0.303 e. The lowest BCUT2D eigenvalue weighted by molar-refractivity contribution is -0.136. The molecule has 0 bridgehead atoms. The van der Waals surface area contributed by atoms with E-state index in [1.54, 1.807) is 0 Å². The molecule has 2 heterocycles. The minimum absolute atomic E-state index is 0.0843. The topological polar surface area (TPSA) is 84.3 Å². The van der Waals surface area contributed by atoms with Gasteiger partial charge in [0.05, 0.1) is 28.6 Å². The van der Waals surface area contributed by atoms with E-state index in [0.29, 0.717) is 19.3 Å². The third-order valence-electron chi connectivity index (χ3n) is 2.98. The molecule has 7 heteroatoms. The van der Waals surface area contributed by atoms with Gasteiger partial charge in [0.25, 0.3) is 0 Å². The van der Waals surface area contributed by atoms with Crippen molar-refractivity contribution in [2.45, 2.75) is 25.7 Å². The molecule has 1 fully saturated rings. The fourth-order valence-corrected chi connectivity index (χ4v) is 4.88. The number of aliphatic carboxylic acids is 1. The summed E-state index contributed by atoms with van der Waals surface area (Å²) in [4.78, 5) is 14.8. The molecule has 2 rings (SSSR count). The maximum absolute atomic E-state index is 11.3. The molecule has 1 aliphatic rings. The second kappa shape index (κ2) is 5.36. The normalized spacial score (nSPS) is 22.1. The molecule has 1 atom stereocenters. The molecule has 100 valence electrons. The van der Waals surface area contributed by atoms with Crippen LogP contribution in [-0.4, -0.2) is 36.0 Å². The summed E-state index contributed by atoms with van der Waals surface area (Å²) in [5.74, 6) is -0.105. The van der Waals surface area contributed by atoms with Crippen molar-refractivity contribution in [1.29, 1.82) is 0 Å². The van der Waals surface area contributed by atoms with E-state index in [-0.39, 0.29) is 23.8 Å². The van der Waals surface area contributed by atoms with Crippen LogP contribution in [0.15, 0.2) is 5.38 Å². The highest BCUT2D eigenvalue weighted by Gasteiger charge is 2.28. The van der Waals surface area contributed by atoms with Crippen LogP contribution >= 0.6 is 11.3 Å². The van der Waals surface area contributed by atoms with E-state index in [0.717, 1.165) is 10.7 Å². The number of carboxylic acid groups (broad SMARTS) is 1. The fraction of sp³-hybridized carbons (Fsp3) is 0.636. The zero-order chi connectivity index (χ0) is 13.2. The summed E-state index contributed by atoms with van der Waals surface area (Å²) < 4.78 is 22.7. The molecule has 0 saturated carbocycles. The summed E-state index contributed by atoms with van der Waals surface area (Å²) in [6.07, 6.45) is 1.93. The van der Waals surface area contributed by atoms with Crippen LogP contribution < -0.4 is 0 Å². The Labute approximate surface area is 110 Å². The molecule has 0 amide bonds. The van der Waals surface area contributed by atoms with Crippen LogP contribution in [0.4, 0.5) is 0 Å². The van der Waals surface area contributed by atoms with E-state index in [2.05, 4.69) is 4.98 Å². The predicted octanol–water partition coefficient (Wildman–Crippen LogP) is 1.14. The second-order valence-electron chi connectivity index (χ2n) is 4.60. The predicted molar refractivity (Wildman–Crippen MR) is 68.5 cm³/mol. The number of rotatable bonds is 5. The number of aryl methyl sites for hydroxylation is 1. The van der Waals surface area contributed by atoms with Gasteiger partial charge < -0.3 is 5.11 Å². The SMILES string of the molecule is O=C(O)CCc1csc(CC2CCS(=O)(=O)C2)n1. The first-order valence-corrected chi connectivity index (χ1v) is 8.50. The van der Waals surface area contributed by atoms with Crippen molar-refractivity contribution in [3.05, 3.63) is 16.1 Å². The Morgan fingerprint density at radius 1 is 1.56 bits per heavy atom. The van der Waals surface area contributed by atoms with Gasteiger partial charge in [0.2, 0.25) is 0 Å². The third kappa shape index (κ3) is 3.78. The van der Waals surface area contributed by atoms with E-state index >= 15 is 0 Å². The van der Waals surface area contributed by atoms with Crippen LogP contribution in [0.2, 0.25) is 0 Å². The maximum Gasteiger partial charge on any atom is 0.303 e. The van der Waals surface area contributed by atoms with Crippen molar-refractivity contribution in [1.82, 2.24) is 4.98 Å². The number of thiazole rings is 1. The first kappa shape index (κ1) is 13.5. The minimum Gasteiger partial charge on any atom is -0.481 e. The highest BCUT2D eigenvalue weighted by Crippen LogP contribution is 2.24. The average Bonchev–Trinajstić information content (AvgIpc) is 2.83. The largest absolute Gasteiger partial charge is 0.481 e. The van der Waals surface area contributed by atoms with Gasteiger partial charge in [-0.15, -0.1) is 11.3 Å². The van der Waals surface area contributed by atoms with Gasteiger partial charge >= 0.3 is 5.97 Å². The fourth-order valence-electron chi connectivity index (χ4n) is 2.07. The Morgan fingerprint density at radius 3 is 2.94 bits per heavy atom. The van der Waals surface area contributed by atoms with Crippen LogP contribution in [0.25, 0.3) is 0 Å². The van der Waals surface area contributed by atoms with Crippen LogP contribution in [0.5, 0.6) is 0 Å². The highest BCUT2D eigenvalue weighted by molar-refractivity contribution is 7.91. The monoisotopic (exact) mass is 289 g/mol. The first-order chi connectivity index (χ1) is 8.44. The Hall–Kier alpha value is -0.950. The lowest BCUT2D eigenvalue weighted by Crippen LogP contribution is -2.07. The van der Waals surface area contributed by atoms with Gasteiger partial charge in [-0.1, -0.05) is 0 Å². The Bertz CT molecular complexity index is 535. The zero-order valence-corrected chi connectivity index (χ0v) is 11.5. The molecule has 0 radical (unpaired) electrons. The van der Waals surface area contributed by atoms with Gasteiger partial charge in [0.15, 0.2) is 9.84 Å². The summed E-state index contributed by atoms with van der Waals surface area (Å²) >= 11 is 1.49. The summed E-state index contributed by atoms with van der Waals surface area (Å²) in [6, 6.07) is 0. The molecule has 0 spiro atoms. The highest BCUT2D eigenvalue weighted by atomic mass is 32.2. The van der Waals surface area contributed by atoms with Gasteiger partial charge in [-0.05, 0) is 12.3 Å². The molecule has 1 aromatic heterocycles. The quantitative estimate of drug-likeness (QED) is 0.878. The molecule has 1 saturated heterocycles. The van der Waals surface area contributed by atoms with E-state index in [4.69, 9.17) is 5.11 Å². The molecule has 1 unspecified atom stereocenters. The summed E-state index contributed by atoms with van der Waals surface area (Å²) in [5, 5.41) is 11.4. The van der Waals surface area contributed by atoms with Gasteiger partial charge in [0, 0.05) is 18.2 Å². The summed E-state index contributed by atoms with van der Waals surface area (Å²) in [6.45, 7) is 0. The van der Waals surface area contributed by atoms with E-state index in [9.17, 15) is 13.2 Å². The lowest BCUT2D eigenvalue weighted by atomic mass is 10.1. The number of hydrogen-bond acceptors (Lipinski definition) is 5. The molecule has 1 aromatic rings. The lowest BCUT2D eigenvalue weighted by Gasteiger charge is -2.03. The number of aromatic nitrogens is 1. The molecule has 1 aliphatic heterocycles. The third-order valence-corrected chi connectivity index (χ3v) is 5.74. The molecule has 18 heavy (non-hydrogen) atoms. The van der Waals surface area contributed by atoms with Crippen LogP contribution in [0.1, 0.15) is 23.5 Å². The van der Waals surface area contributed by atoms with Crippen LogP contribution in [-0.2, 0) is 27.5 Å². The molecule has 0 aliphatic carbocycles. The minimum atomic E-state index is -2.83. The van der Waals surface area contributed by atoms with Gasteiger partial charge in [-0.25, -0.2) is 13.4 Å². The number of hydrogen-bond donors (Lipinski definition) is 1. The average molecular weight is 289 g/mol. The van der Waals surface area contributed by atoms with Crippen molar-refractivity contribution in [3.63, 3.8) is 0 Å². The maximum atomic E-state index is 11.3. The van der Waals surface area contributed by atoms with Crippen molar-refractivity contribution in [3.8, 4) is 0 Å². The number of carbonyl (C=O) groups is 1. The Kier molecular flexibility index (Phi) is 4.01. The Balaban J connectivity index is 1.89. The van der Waals surface area contributed by atoms with Crippen LogP contribution in [0, 0.1) is 5.92 Å². The van der Waals surface area contributed by atoms with E-state index in [1.165, 1.54) is 11.3 Å². The zero-order valence-electron chi connectivity index (χ0n) is 9.83. The van der Waals surface area contributed by atoms with E-state index in [1.807, 2.05) is 5.38 Å². The van der Waals surface area contributed by atoms with Crippen molar-refractivity contribution >= 4 is 27.1 Å². The standard InChI is InChI=1S/C11H15NO4S2/c13-11(14)2-1-9-6-17-10(12-9)5-8-3-4-18(15,16)7-8/h6,8H,1-5,7H2,(H,13,14). The molecular formula is C11H15NO4S2. The molecule has 1 N–H and O–H groups in total. The van der Waals surface area contributed by atoms with Crippen molar-refractivity contribution in [2.24, 2.45) is 5.92 Å². The van der Waals surface area contributed by atoms with E-state index < -0.39 is 15.8 Å². The molecular weight excluding hydrogens is 274 g/mol. The molecule has 0 aromatic carbocycles. The first-order valence-electron chi connectivity index (χ1n) is 5.80. The van der Waals surface area contributed by atoms with Crippen LogP contribution in [0.3, 0.4) is 0 Å². The number of sulfone groups is 1. The van der Waals surface area contributed by atoms with Crippen molar-refractivity contribution in [2.75, 3.05) is 11.5 Å². The second-order valence-corrected chi connectivity index (χ2v) is 7.77. The van der Waals surface area contributed by atoms with Crippen molar-refractivity contribution < 1.29 is 18.3 Å². The van der Waals surface area contributed by atoms with Gasteiger partial charge in [-0.2, -0.15) is 0 Å². The summed E-state index contributed by atoms with van der Waals surface area (Å²) in [7, 11) is -2.83.